The van der Waals surface area contributed by atoms with Crippen LogP contribution in [0.4, 0.5) is 0 Å². The summed E-state index contributed by atoms with van der Waals surface area (Å²) in [6.07, 6.45) is 0. The van der Waals surface area contributed by atoms with Crippen LogP contribution in [0.1, 0.15) is 13.8 Å². The maximum absolute atomic E-state index is 10.5. The predicted octanol–water partition coefficient (Wildman–Crippen LogP) is -0.441. The average Bonchev–Trinajstić information content (AvgIpc) is 1.68. The summed E-state index contributed by atoms with van der Waals surface area (Å²) in [5, 5.41) is 0. The topological polar surface area (TPSA) is 46.2 Å². The first-order chi connectivity index (χ1) is 3.55. The highest BCUT2D eigenvalue weighted by atomic mass is 32.2. The van der Waals surface area contributed by atoms with E-state index in [9.17, 15) is 9.00 Å². The molecule has 1 aliphatic rings. The standard InChI is InChI=1S/C4H7NO2S/c1-4(2)3(6)5-8(4)7/h1-2H3,(H,5,6). The smallest absolute Gasteiger partial charge is 0.251 e. The zero-order chi connectivity index (χ0) is 6.36. The van der Waals surface area contributed by atoms with Crippen LogP contribution in [0.2, 0.25) is 0 Å². The van der Waals surface area contributed by atoms with E-state index in [0.29, 0.717) is 0 Å². The molecule has 0 aromatic heterocycles. The van der Waals surface area contributed by atoms with Crippen LogP contribution in [0.3, 0.4) is 0 Å². The van der Waals surface area contributed by atoms with E-state index in [4.69, 9.17) is 0 Å². The Labute approximate surface area is 50.0 Å². The minimum absolute atomic E-state index is 0.129. The number of carbonyl (C=O) groups is 1. The maximum atomic E-state index is 10.5. The minimum Gasteiger partial charge on any atom is -0.273 e. The quantitative estimate of drug-likeness (QED) is 0.487. The number of hydrogen-bond acceptors (Lipinski definition) is 2. The average molecular weight is 133 g/mol. The highest BCUT2D eigenvalue weighted by Crippen LogP contribution is 2.19. The molecule has 0 bridgehead atoms. The van der Waals surface area contributed by atoms with Crippen LogP contribution < -0.4 is 4.72 Å². The summed E-state index contributed by atoms with van der Waals surface area (Å²) in [4.78, 5) is 10.5. The molecular weight excluding hydrogens is 126 g/mol. The lowest BCUT2D eigenvalue weighted by Gasteiger charge is -2.31. The molecule has 1 aliphatic heterocycles. The van der Waals surface area contributed by atoms with Crippen LogP contribution in [-0.4, -0.2) is 14.9 Å². The number of hydrogen-bond donors (Lipinski definition) is 1. The van der Waals surface area contributed by atoms with Crippen LogP contribution >= 0.6 is 0 Å². The number of carbonyl (C=O) groups excluding carboxylic acids is 1. The Morgan fingerprint density at radius 3 is 2.12 bits per heavy atom. The van der Waals surface area contributed by atoms with E-state index in [1.54, 1.807) is 13.8 Å². The molecule has 1 unspecified atom stereocenters. The fourth-order valence-corrected chi connectivity index (χ4v) is 1.12. The van der Waals surface area contributed by atoms with E-state index in [-0.39, 0.29) is 5.91 Å². The van der Waals surface area contributed by atoms with Crippen molar-refractivity contribution >= 4 is 16.9 Å². The van der Waals surface area contributed by atoms with Gasteiger partial charge in [0.05, 0.1) is 0 Å². The second-order valence-corrected chi connectivity index (χ2v) is 3.97. The van der Waals surface area contributed by atoms with E-state index in [2.05, 4.69) is 4.72 Å². The highest BCUT2D eigenvalue weighted by Gasteiger charge is 2.45. The number of rotatable bonds is 0. The van der Waals surface area contributed by atoms with Gasteiger partial charge < -0.3 is 0 Å². The van der Waals surface area contributed by atoms with Crippen molar-refractivity contribution in [3.05, 3.63) is 0 Å². The Kier molecular flexibility index (Phi) is 0.944. The Balaban J connectivity index is 2.81. The lowest BCUT2D eigenvalue weighted by Crippen LogP contribution is -2.61. The summed E-state index contributed by atoms with van der Waals surface area (Å²) in [6, 6.07) is 0. The fraction of sp³-hybridized carbons (Fsp3) is 0.750. The van der Waals surface area contributed by atoms with Crippen LogP contribution in [-0.2, 0) is 15.8 Å². The zero-order valence-electron chi connectivity index (χ0n) is 4.72. The molecule has 0 radical (unpaired) electrons. The molecule has 1 amide bonds. The van der Waals surface area contributed by atoms with E-state index < -0.39 is 15.7 Å². The van der Waals surface area contributed by atoms with Crippen molar-refractivity contribution in [2.75, 3.05) is 0 Å². The van der Waals surface area contributed by atoms with Crippen molar-refractivity contribution in [3.8, 4) is 0 Å². The van der Waals surface area contributed by atoms with Crippen LogP contribution in [0.5, 0.6) is 0 Å². The van der Waals surface area contributed by atoms with Crippen molar-refractivity contribution < 1.29 is 9.00 Å². The van der Waals surface area contributed by atoms with Crippen molar-refractivity contribution in [2.24, 2.45) is 0 Å². The van der Waals surface area contributed by atoms with Crippen molar-refractivity contribution in [2.45, 2.75) is 18.6 Å². The van der Waals surface area contributed by atoms with Gasteiger partial charge in [-0.05, 0) is 13.8 Å². The molecule has 8 heavy (non-hydrogen) atoms. The largest absolute Gasteiger partial charge is 0.273 e. The third-order valence-corrected chi connectivity index (χ3v) is 2.68. The van der Waals surface area contributed by atoms with Crippen molar-refractivity contribution in [3.63, 3.8) is 0 Å². The molecule has 0 aromatic carbocycles. The predicted molar refractivity (Wildman–Crippen MR) is 30.4 cm³/mol. The maximum Gasteiger partial charge on any atom is 0.251 e. The summed E-state index contributed by atoms with van der Waals surface area (Å²) in [5.74, 6) is -0.129. The molecule has 1 fully saturated rings. The molecule has 1 saturated heterocycles. The first-order valence-electron chi connectivity index (χ1n) is 2.28. The minimum atomic E-state index is -1.13. The zero-order valence-corrected chi connectivity index (χ0v) is 5.54. The van der Waals surface area contributed by atoms with Gasteiger partial charge in [-0.1, -0.05) is 0 Å². The van der Waals surface area contributed by atoms with Gasteiger partial charge in [-0.15, -0.1) is 0 Å². The second kappa shape index (κ2) is 1.31. The van der Waals surface area contributed by atoms with Crippen LogP contribution in [0, 0.1) is 0 Å². The third kappa shape index (κ3) is 0.492. The van der Waals surface area contributed by atoms with Crippen LogP contribution in [0.15, 0.2) is 0 Å². The summed E-state index contributed by atoms with van der Waals surface area (Å²) >= 11 is 0. The first kappa shape index (κ1) is 5.75. The van der Waals surface area contributed by atoms with E-state index >= 15 is 0 Å². The van der Waals surface area contributed by atoms with Crippen LogP contribution in [0.25, 0.3) is 0 Å². The van der Waals surface area contributed by atoms with Gasteiger partial charge >= 0.3 is 0 Å². The monoisotopic (exact) mass is 133 g/mol. The Morgan fingerprint density at radius 2 is 2.12 bits per heavy atom. The summed E-state index contributed by atoms with van der Waals surface area (Å²) < 4.78 is 12.1. The molecule has 1 rings (SSSR count). The molecule has 0 aliphatic carbocycles. The van der Waals surface area contributed by atoms with Gasteiger partial charge in [0.1, 0.15) is 15.7 Å². The second-order valence-electron chi connectivity index (χ2n) is 2.21. The first-order valence-corrected chi connectivity index (χ1v) is 3.43. The summed E-state index contributed by atoms with van der Waals surface area (Å²) in [6.45, 7) is 3.31. The van der Waals surface area contributed by atoms with E-state index in [1.165, 1.54) is 0 Å². The lowest BCUT2D eigenvalue weighted by molar-refractivity contribution is -0.122. The van der Waals surface area contributed by atoms with E-state index in [0.717, 1.165) is 0 Å². The van der Waals surface area contributed by atoms with Crippen molar-refractivity contribution in [1.82, 2.24) is 4.72 Å². The molecule has 0 saturated carbocycles. The van der Waals surface area contributed by atoms with Crippen molar-refractivity contribution in [1.29, 1.82) is 0 Å². The Bertz CT molecular complexity index is 147. The Morgan fingerprint density at radius 1 is 1.62 bits per heavy atom. The highest BCUT2D eigenvalue weighted by molar-refractivity contribution is 7.88. The van der Waals surface area contributed by atoms with E-state index in [1.807, 2.05) is 0 Å². The Hall–Kier alpha value is -0.380. The van der Waals surface area contributed by atoms with Gasteiger partial charge in [-0.2, -0.15) is 0 Å². The number of nitrogens with one attached hydrogen (secondary N) is 1. The van der Waals surface area contributed by atoms with Gasteiger partial charge in [0.2, 0.25) is 0 Å². The molecule has 1 heterocycles. The molecule has 0 spiro atoms. The third-order valence-electron chi connectivity index (χ3n) is 1.20. The molecule has 0 aromatic rings. The summed E-state index contributed by atoms with van der Waals surface area (Å²) in [5.41, 5.74) is 0. The molecule has 1 N–H and O–H groups in total. The van der Waals surface area contributed by atoms with Gasteiger partial charge in [0.25, 0.3) is 5.91 Å². The number of amides is 1. The molecule has 1 atom stereocenters. The molecule has 3 nitrogen and oxygen atoms in total. The van der Waals surface area contributed by atoms with Gasteiger partial charge in [-0.25, -0.2) is 4.21 Å². The molecule has 46 valence electrons. The normalized spacial score (nSPS) is 33.2. The summed E-state index contributed by atoms with van der Waals surface area (Å²) in [7, 11) is -1.13. The lowest BCUT2D eigenvalue weighted by atomic mass is 10.2. The molecular formula is C4H7NO2S. The SMILES string of the molecule is CC1(C)C(=O)NS1=O. The molecule has 4 heteroatoms. The fourth-order valence-electron chi connectivity index (χ4n) is 0.373. The van der Waals surface area contributed by atoms with Gasteiger partial charge in [0, 0.05) is 0 Å². The van der Waals surface area contributed by atoms with Gasteiger partial charge in [0.15, 0.2) is 0 Å². The van der Waals surface area contributed by atoms with Gasteiger partial charge in [-0.3, -0.25) is 9.52 Å².